The highest BCUT2D eigenvalue weighted by molar-refractivity contribution is 7.92. The fourth-order valence-corrected chi connectivity index (χ4v) is 5.37. The van der Waals surface area contributed by atoms with E-state index >= 15 is 0 Å². The van der Waals surface area contributed by atoms with Crippen molar-refractivity contribution >= 4 is 27.3 Å². The van der Waals surface area contributed by atoms with E-state index in [4.69, 9.17) is 4.74 Å². The van der Waals surface area contributed by atoms with Crippen molar-refractivity contribution in [3.05, 3.63) is 114 Å². The summed E-state index contributed by atoms with van der Waals surface area (Å²) in [5.41, 5.74) is 3.33. The van der Waals surface area contributed by atoms with E-state index in [1.807, 2.05) is 48.5 Å². The quantitative estimate of drug-likeness (QED) is 0.341. The molecule has 10 heteroatoms. The number of amides is 1. The highest BCUT2D eigenvalue weighted by atomic mass is 32.2. The summed E-state index contributed by atoms with van der Waals surface area (Å²) in [4.78, 5) is 26.1. The molecule has 1 amide bonds. The van der Waals surface area contributed by atoms with Gasteiger partial charge in [0.2, 0.25) is 0 Å². The van der Waals surface area contributed by atoms with E-state index < -0.39 is 10.0 Å². The summed E-state index contributed by atoms with van der Waals surface area (Å²) in [6, 6.07) is 24.3. The molecule has 1 N–H and O–H groups in total. The summed E-state index contributed by atoms with van der Waals surface area (Å²) < 4.78 is 34.1. The lowest BCUT2D eigenvalue weighted by atomic mass is 10.2. The highest BCUT2D eigenvalue weighted by Crippen LogP contribution is 2.22. The van der Waals surface area contributed by atoms with Crippen LogP contribution < -0.4 is 9.62 Å². The van der Waals surface area contributed by atoms with Crippen LogP contribution in [0.1, 0.15) is 21.7 Å². The van der Waals surface area contributed by atoms with Gasteiger partial charge in [0.05, 0.1) is 42.6 Å². The van der Waals surface area contributed by atoms with Crippen molar-refractivity contribution in [3.63, 3.8) is 0 Å². The van der Waals surface area contributed by atoms with Gasteiger partial charge in [0.15, 0.2) is 0 Å². The molecule has 3 heterocycles. The molecule has 1 fully saturated rings. The molecule has 0 bridgehead atoms. The molecule has 4 aromatic rings. The topological polar surface area (TPSA) is 105 Å². The van der Waals surface area contributed by atoms with Crippen LogP contribution in [0.4, 0.5) is 11.4 Å². The van der Waals surface area contributed by atoms with E-state index in [9.17, 15) is 13.2 Å². The number of carbonyl (C=O) groups excluding carboxylic acids is 1. The van der Waals surface area contributed by atoms with Gasteiger partial charge in [-0.3, -0.25) is 19.5 Å². The second-order valence-electron chi connectivity index (χ2n) is 9.08. The van der Waals surface area contributed by atoms with E-state index in [0.29, 0.717) is 24.5 Å². The lowest BCUT2D eigenvalue weighted by Gasteiger charge is -2.28. The average molecular weight is 544 g/mol. The van der Waals surface area contributed by atoms with Crippen LogP contribution in [0.25, 0.3) is 0 Å². The molecular formula is C29H29N5O4S. The van der Waals surface area contributed by atoms with Gasteiger partial charge in [-0.15, -0.1) is 0 Å². The third-order valence-electron chi connectivity index (χ3n) is 6.35. The molecule has 9 nitrogen and oxygen atoms in total. The maximum atomic E-state index is 13.5. The smallest absolute Gasteiger partial charge is 0.261 e. The maximum Gasteiger partial charge on any atom is 0.261 e. The molecule has 0 saturated carbocycles. The van der Waals surface area contributed by atoms with Crippen LogP contribution in [0.3, 0.4) is 0 Å². The fraction of sp³-hybridized carbons (Fsp3) is 0.207. The van der Waals surface area contributed by atoms with Crippen molar-refractivity contribution in [1.29, 1.82) is 0 Å². The molecule has 200 valence electrons. The van der Waals surface area contributed by atoms with Crippen LogP contribution >= 0.6 is 0 Å². The van der Waals surface area contributed by atoms with Gasteiger partial charge in [-0.2, -0.15) is 0 Å². The Balaban J connectivity index is 1.29. The first-order chi connectivity index (χ1) is 19.0. The Labute approximate surface area is 228 Å². The summed E-state index contributed by atoms with van der Waals surface area (Å²) in [5.74, 6) is -0.248. The predicted molar refractivity (Wildman–Crippen MR) is 149 cm³/mol. The number of carbonyl (C=O) groups is 1. The van der Waals surface area contributed by atoms with Crippen molar-refractivity contribution in [2.45, 2.75) is 18.0 Å². The van der Waals surface area contributed by atoms with Crippen LogP contribution in [0, 0.1) is 0 Å². The molecule has 0 atom stereocenters. The van der Waals surface area contributed by atoms with Crippen LogP contribution in [-0.2, 0) is 27.8 Å². The average Bonchev–Trinajstić information content (AvgIpc) is 2.98. The first-order valence-electron chi connectivity index (χ1n) is 12.6. The van der Waals surface area contributed by atoms with Gasteiger partial charge in [0.1, 0.15) is 0 Å². The van der Waals surface area contributed by atoms with Crippen LogP contribution in [0.5, 0.6) is 0 Å². The van der Waals surface area contributed by atoms with Crippen molar-refractivity contribution in [2.24, 2.45) is 0 Å². The number of ether oxygens (including phenoxy) is 1. The maximum absolute atomic E-state index is 13.5. The Morgan fingerprint density at radius 2 is 1.41 bits per heavy atom. The van der Waals surface area contributed by atoms with Crippen molar-refractivity contribution < 1.29 is 17.9 Å². The molecule has 0 aliphatic carbocycles. The fourth-order valence-electron chi connectivity index (χ4n) is 4.31. The predicted octanol–water partition coefficient (Wildman–Crippen LogP) is 3.96. The second-order valence-corrected chi connectivity index (χ2v) is 10.8. The first-order valence-corrected chi connectivity index (χ1v) is 14.1. The third kappa shape index (κ3) is 6.78. The first kappa shape index (κ1) is 26.3. The Morgan fingerprint density at radius 1 is 0.821 bits per heavy atom. The molecular weight excluding hydrogens is 514 g/mol. The Kier molecular flexibility index (Phi) is 8.14. The standard InChI is InChI=1S/C29H29N5O4S/c35-29(34(21-25-5-1-3-15-30-25)22-26-6-2-4-16-31-26)23-7-13-28(14-8-23)39(36,37)32-24-9-11-27(12-10-24)33-17-19-38-20-18-33/h1-16,32H,17-22H2. The molecule has 5 rings (SSSR count). The molecule has 2 aromatic heterocycles. The van der Waals surface area contributed by atoms with Crippen LogP contribution in [0.2, 0.25) is 0 Å². The molecule has 1 aliphatic rings. The summed E-state index contributed by atoms with van der Waals surface area (Å²) >= 11 is 0. The molecule has 1 aliphatic heterocycles. The molecule has 39 heavy (non-hydrogen) atoms. The van der Waals surface area contributed by atoms with E-state index in [1.54, 1.807) is 29.4 Å². The summed E-state index contributed by atoms with van der Waals surface area (Å²) in [6.45, 7) is 3.54. The molecule has 2 aromatic carbocycles. The number of morpholine rings is 1. The van der Waals surface area contributed by atoms with Gasteiger partial charge >= 0.3 is 0 Å². The van der Waals surface area contributed by atoms with E-state index in [2.05, 4.69) is 19.6 Å². The van der Waals surface area contributed by atoms with Gasteiger partial charge in [0, 0.05) is 42.4 Å². The number of nitrogens with zero attached hydrogens (tertiary/aromatic N) is 4. The zero-order valence-electron chi connectivity index (χ0n) is 21.3. The summed E-state index contributed by atoms with van der Waals surface area (Å²) in [7, 11) is -3.84. The van der Waals surface area contributed by atoms with Gasteiger partial charge in [-0.25, -0.2) is 8.42 Å². The highest BCUT2D eigenvalue weighted by Gasteiger charge is 2.20. The minimum Gasteiger partial charge on any atom is -0.378 e. The van der Waals surface area contributed by atoms with Crippen molar-refractivity contribution in [2.75, 3.05) is 35.9 Å². The number of pyridine rings is 2. The lowest BCUT2D eigenvalue weighted by Crippen LogP contribution is -2.36. The minimum absolute atomic E-state index is 0.0670. The monoisotopic (exact) mass is 543 g/mol. The molecule has 0 unspecified atom stereocenters. The number of hydrogen-bond donors (Lipinski definition) is 1. The number of aromatic nitrogens is 2. The molecule has 0 spiro atoms. The molecule has 1 saturated heterocycles. The van der Waals surface area contributed by atoms with Crippen LogP contribution in [0.15, 0.2) is 102 Å². The van der Waals surface area contributed by atoms with Gasteiger partial charge in [0.25, 0.3) is 15.9 Å². The SMILES string of the molecule is O=C(c1ccc(S(=O)(=O)Nc2ccc(N3CCOCC3)cc2)cc1)N(Cc1ccccn1)Cc1ccccn1. The van der Waals surface area contributed by atoms with Gasteiger partial charge in [-0.05, 0) is 72.8 Å². The minimum atomic E-state index is -3.84. The summed E-state index contributed by atoms with van der Waals surface area (Å²) in [6.07, 6.45) is 3.36. The van der Waals surface area contributed by atoms with Crippen molar-refractivity contribution in [1.82, 2.24) is 14.9 Å². The zero-order chi connectivity index (χ0) is 27.1. The number of nitrogens with one attached hydrogen (secondary N) is 1. The second kappa shape index (κ2) is 12.1. The number of rotatable bonds is 9. The Bertz CT molecular complexity index is 1440. The van der Waals surface area contributed by atoms with E-state index in [0.717, 1.165) is 30.2 Å². The van der Waals surface area contributed by atoms with Gasteiger partial charge < -0.3 is 14.5 Å². The van der Waals surface area contributed by atoms with Crippen molar-refractivity contribution in [3.8, 4) is 0 Å². The molecule has 0 radical (unpaired) electrons. The third-order valence-corrected chi connectivity index (χ3v) is 7.75. The number of hydrogen-bond acceptors (Lipinski definition) is 7. The Morgan fingerprint density at radius 3 is 1.95 bits per heavy atom. The van der Waals surface area contributed by atoms with E-state index in [-0.39, 0.29) is 23.9 Å². The Hall–Kier alpha value is -4.28. The normalized spacial score (nSPS) is 13.6. The number of anilines is 2. The lowest BCUT2D eigenvalue weighted by molar-refractivity contribution is 0.0725. The number of sulfonamides is 1. The van der Waals surface area contributed by atoms with Gasteiger partial charge in [-0.1, -0.05) is 12.1 Å². The largest absolute Gasteiger partial charge is 0.378 e. The number of benzene rings is 2. The van der Waals surface area contributed by atoms with E-state index in [1.165, 1.54) is 24.3 Å². The summed E-state index contributed by atoms with van der Waals surface area (Å²) in [5, 5.41) is 0. The zero-order valence-corrected chi connectivity index (χ0v) is 22.1. The van der Waals surface area contributed by atoms with Crippen LogP contribution in [-0.4, -0.2) is 55.5 Å².